The van der Waals surface area contributed by atoms with Crippen LogP contribution in [0.1, 0.15) is 51.7 Å². The number of ether oxygens (including phenoxy) is 1. The van der Waals surface area contributed by atoms with Crippen LogP contribution in [0.5, 0.6) is 5.75 Å². The molecule has 0 aliphatic rings. The first-order valence-electron chi connectivity index (χ1n) is 13.1. The van der Waals surface area contributed by atoms with Crippen LogP contribution in [-0.2, 0) is 9.84 Å². The number of aromatic nitrogens is 1. The van der Waals surface area contributed by atoms with Crippen LogP contribution in [-0.4, -0.2) is 47.8 Å². The zero-order valence-electron chi connectivity index (χ0n) is 24.2. The number of nitro benzene ring substituents is 1. The molecule has 0 atom stereocenters. The van der Waals surface area contributed by atoms with Crippen molar-refractivity contribution in [2.45, 2.75) is 38.2 Å². The van der Waals surface area contributed by atoms with Crippen molar-refractivity contribution in [1.82, 2.24) is 4.57 Å². The van der Waals surface area contributed by atoms with E-state index in [4.69, 9.17) is 0 Å². The Morgan fingerprint density at radius 3 is 2.20 bits per heavy atom. The average molecular weight is 646 g/mol. The molecule has 45 heavy (non-hydrogen) atoms. The highest BCUT2D eigenvalue weighted by Crippen LogP contribution is 2.43. The summed E-state index contributed by atoms with van der Waals surface area (Å²) in [5.74, 6) is -4.46. The Morgan fingerprint density at radius 2 is 1.67 bits per heavy atom. The maximum Gasteiger partial charge on any atom is 0.387 e. The molecule has 236 valence electrons. The van der Waals surface area contributed by atoms with Gasteiger partial charge in [0.2, 0.25) is 0 Å². The number of carbonyl (C=O) groups excluding carboxylic acids is 1. The molecule has 1 heterocycles. The lowest BCUT2D eigenvalue weighted by Crippen LogP contribution is -2.14. The highest BCUT2D eigenvalue weighted by molar-refractivity contribution is 7.90. The van der Waals surface area contributed by atoms with Crippen molar-refractivity contribution in [3.05, 3.63) is 99.0 Å². The number of nitrogens with zero attached hydrogens (tertiary/aromatic N) is 2. The summed E-state index contributed by atoms with van der Waals surface area (Å²) in [5, 5.41) is 24.8. The number of amides is 1. The van der Waals surface area contributed by atoms with Gasteiger partial charge in [-0.3, -0.25) is 14.9 Å². The molecule has 0 bridgehead atoms. The fourth-order valence-electron chi connectivity index (χ4n) is 4.98. The van der Waals surface area contributed by atoms with E-state index in [1.54, 1.807) is 13.8 Å². The van der Waals surface area contributed by atoms with E-state index in [-0.39, 0.29) is 49.9 Å². The molecule has 3 aromatic carbocycles. The Balaban J connectivity index is 2.05. The van der Waals surface area contributed by atoms with E-state index in [1.807, 2.05) is 0 Å². The third kappa shape index (κ3) is 6.67. The normalized spacial score (nSPS) is 11.6. The van der Waals surface area contributed by atoms with E-state index in [0.717, 1.165) is 30.5 Å². The molecule has 2 N–H and O–H groups in total. The van der Waals surface area contributed by atoms with Crippen LogP contribution in [0.25, 0.3) is 16.9 Å². The molecule has 0 aliphatic carbocycles. The summed E-state index contributed by atoms with van der Waals surface area (Å²) in [6, 6.07) is 11.3. The van der Waals surface area contributed by atoms with Gasteiger partial charge < -0.3 is 19.7 Å². The number of alkyl halides is 2. The number of benzene rings is 3. The van der Waals surface area contributed by atoms with Crippen LogP contribution >= 0.6 is 0 Å². The fourth-order valence-corrected chi connectivity index (χ4v) is 5.61. The quantitative estimate of drug-likeness (QED) is 0.145. The monoisotopic (exact) mass is 645 g/mol. The van der Waals surface area contributed by atoms with E-state index in [2.05, 4.69) is 10.1 Å². The maximum absolute atomic E-state index is 14.2. The Labute approximate surface area is 254 Å². The lowest BCUT2D eigenvalue weighted by atomic mass is 9.89. The molecular weight excluding hydrogens is 619 g/mol. The van der Waals surface area contributed by atoms with Gasteiger partial charge in [-0.15, -0.1) is 0 Å². The molecule has 0 aliphatic heterocycles. The lowest BCUT2D eigenvalue weighted by molar-refractivity contribution is -0.385. The number of nitro groups is 1. The number of carboxylic acid groups (broad SMARTS) is 1. The van der Waals surface area contributed by atoms with Gasteiger partial charge in [-0.2, -0.15) is 8.78 Å². The Bertz CT molecular complexity index is 1940. The number of aromatic carboxylic acids is 1. The molecule has 4 rings (SSSR count). The number of halogens is 3. The van der Waals surface area contributed by atoms with Gasteiger partial charge in [0.1, 0.15) is 5.82 Å². The second-order valence-corrected chi connectivity index (χ2v) is 12.3. The number of hydrogen-bond donors (Lipinski definition) is 2. The van der Waals surface area contributed by atoms with Crippen LogP contribution in [0.15, 0.2) is 65.6 Å². The second kappa shape index (κ2) is 12.4. The molecule has 1 amide bonds. The highest BCUT2D eigenvalue weighted by Gasteiger charge is 2.31. The highest BCUT2D eigenvalue weighted by atomic mass is 32.2. The number of carboxylic acids is 1. The van der Waals surface area contributed by atoms with Crippen LogP contribution in [0, 0.1) is 22.9 Å². The first kappa shape index (κ1) is 32.7. The minimum atomic E-state index is -3.52. The summed E-state index contributed by atoms with van der Waals surface area (Å²) in [5.41, 5.74) is -1.17. The summed E-state index contributed by atoms with van der Waals surface area (Å²) in [7, 11) is -3.52. The maximum atomic E-state index is 14.2. The third-order valence-corrected chi connectivity index (χ3v) is 8.02. The minimum absolute atomic E-state index is 0.000995. The second-order valence-electron chi connectivity index (χ2n) is 10.2. The number of nitrogens with one attached hydrogen (secondary N) is 1. The van der Waals surface area contributed by atoms with E-state index in [0.29, 0.717) is 6.07 Å². The van der Waals surface area contributed by atoms with E-state index >= 15 is 0 Å². The molecule has 0 spiro atoms. The Morgan fingerprint density at radius 1 is 1.02 bits per heavy atom. The zero-order valence-corrected chi connectivity index (χ0v) is 25.0. The fraction of sp³-hybridized carbons (Fsp3) is 0.200. The van der Waals surface area contributed by atoms with Crippen molar-refractivity contribution in [2.75, 3.05) is 11.6 Å². The Kier molecular flexibility index (Phi) is 9.04. The predicted molar refractivity (Wildman–Crippen MR) is 158 cm³/mol. The van der Waals surface area contributed by atoms with Crippen LogP contribution in [0.2, 0.25) is 0 Å². The van der Waals surface area contributed by atoms with Gasteiger partial charge in [-0.1, -0.05) is 13.8 Å². The van der Waals surface area contributed by atoms with Gasteiger partial charge in [-0.25, -0.2) is 17.6 Å². The molecule has 0 fully saturated rings. The smallest absolute Gasteiger partial charge is 0.387 e. The minimum Gasteiger partial charge on any atom is -0.478 e. The van der Waals surface area contributed by atoms with E-state index < -0.39 is 56.4 Å². The van der Waals surface area contributed by atoms with Gasteiger partial charge in [0.15, 0.2) is 15.6 Å². The van der Waals surface area contributed by atoms with Crippen molar-refractivity contribution < 1.29 is 45.9 Å². The SMILES string of the molecule is Cc1c(C(=O)Nc2ccc(S(C)(=O)=O)cc2)cc(-c2c(C(=O)O)ccc([N+](=O)[O-])c2C(C)C)n1-c1ccc(F)cc1OC(F)F. The topological polar surface area (TPSA) is 158 Å². The first-order valence-corrected chi connectivity index (χ1v) is 15.0. The molecule has 11 nitrogen and oxygen atoms in total. The van der Waals surface area contributed by atoms with Crippen molar-refractivity contribution in [3.63, 3.8) is 0 Å². The summed E-state index contributed by atoms with van der Waals surface area (Å²) in [4.78, 5) is 37.4. The van der Waals surface area contributed by atoms with E-state index in [1.165, 1.54) is 41.8 Å². The summed E-state index contributed by atoms with van der Waals surface area (Å²) in [6.07, 6.45) is 1.01. The molecule has 0 saturated heterocycles. The van der Waals surface area contributed by atoms with Gasteiger partial charge in [0.25, 0.3) is 11.6 Å². The molecule has 0 radical (unpaired) electrons. The van der Waals surface area contributed by atoms with Crippen molar-refractivity contribution in [3.8, 4) is 22.7 Å². The number of hydrogen-bond acceptors (Lipinski definition) is 7. The van der Waals surface area contributed by atoms with E-state index in [9.17, 15) is 46.4 Å². The number of sulfone groups is 1. The van der Waals surface area contributed by atoms with Gasteiger partial charge in [-0.05, 0) is 61.4 Å². The standard InChI is InChI=1S/C30H26F3N3O8S/c1-15(2)26-23(36(40)41)12-10-20(29(38)39)27(26)24-14-21(28(37)34-18-6-8-19(9-7-18)45(4,42)43)16(3)35(24)22-11-5-17(31)13-25(22)44-30(32)33/h5-15,30H,1-4H3,(H,34,37)(H,38,39). The summed E-state index contributed by atoms with van der Waals surface area (Å²) >= 11 is 0. The zero-order chi connectivity index (χ0) is 33.4. The first-order chi connectivity index (χ1) is 21.0. The van der Waals surface area contributed by atoms with Gasteiger partial charge in [0.05, 0.1) is 32.3 Å². The molecule has 4 aromatic rings. The van der Waals surface area contributed by atoms with Gasteiger partial charge in [0, 0.05) is 40.9 Å². The summed E-state index contributed by atoms with van der Waals surface area (Å²) < 4.78 is 70.5. The van der Waals surface area contributed by atoms with Crippen molar-refractivity contribution in [1.29, 1.82) is 0 Å². The third-order valence-electron chi connectivity index (χ3n) is 6.89. The van der Waals surface area contributed by atoms with Crippen LogP contribution < -0.4 is 10.1 Å². The number of anilines is 1. The van der Waals surface area contributed by atoms with Crippen molar-refractivity contribution in [2.24, 2.45) is 0 Å². The van der Waals surface area contributed by atoms with Crippen LogP contribution in [0.3, 0.4) is 0 Å². The molecule has 0 saturated carbocycles. The Hall–Kier alpha value is -5.18. The van der Waals surface area contributed by atoms with Crippen molar-refractivity contribution >= 4 is 33.1 Å². The molecular formula is C30H26F3N3O8S. The lowest BCUT2D eigenvalue weighted by Gasteiger charge is -2.20. The number of rotatable bonds is 10. The largest absolute Gasteiger partial charge is 0.478 e. The van der Waals surface area contributed by atoms with Gasteiger partial charge >= 0.3 is 12.6 Å². The summed E-state index contributed by atoms with van der Waals surface area (Å²) in [6.45, 7) is 1.21. The molecule has 15 heteroatoms. The number of carbonyl (C=O) groups is 2. The average Bonchev–Trinajstić information content (AvgIpc) is 3.28. The molecule has 1 aromatic heterocycles. The van der Waals surface area contributed by atoms with Crippen LogP contribution in [0.4, 0.5) is 24.5 Å². The molecule has 0 unspecified atom stereocenters. The predicted octanol–water partition coefficient (Wildman–Crippen LogP) is 6.58.